The van der Waals surface area contributed by atoms with Crippen LogP contribution < -0.4 is 0 Å². The molecule has 2 heterocycles. The molecule has 0 spiro atoms. The summed E-state index contributed by atoms with van der Waals surface area (Å²) in [5.74, 6) is -1.06. The van der Waals surface area contributed by atoms with Gasteiger partial charge in [-0.1, -0.05) is 30.3 Å². The molecule has 7 heteroatoms. The van der Waals surface area contributed by atoms with Gasteiger partial charge in [0.05, 0.1) is 32.0 Å². The number of hydrogen-bond acceptors (Lipinski definition) is 5. The second kappa shape index (κ2) is 8.58. The Labute approximate surface area is 163 Å². The number of nitrogens with zero attached hydrogens (tertiary/aromatic N) is 1. The number of carbonyl (C=O) groups is 2. The second-order valence-electron chi connectivity index (χ2n) is 7.35. The van der Waals surface area contributed by atoms with Crippen molar-refractivity contribution in [2.45, 2.75) is 32.4 Å². The van der Waals surface area contributed by atoms with Gasteiger partial charge in [-0.05, 0) is 19.4 Å². The highest BCUT2D eigenvalue weighted by Crippen LogP contribution is 2.33. The van der Waals surface area contributed by atoms with E-state index >= 15 is 0 Å². The Hall–Kier alpha value is -2.64. The average Bonchev–Trinajstić information content (AvgIpc) is 3.07. The molecule has 1 aromatic heterocycles. The largest absolute Gasteiger partial charge is 0.478 e. The first kappa shape index (κ1) is 20.1. The van der Waals surface area contributed by atoms with Gasteiger partial charge in [0, 0.05) is 18.5 Å². The highest BCUT2D eigenvalue weighted by Gasteiger charge is 2.42. The molecule has 7 nitrogen and oxygen atoms in total. The molecule has 1 aromatic carbocycles. The van der Waals surface area contributed by atoms with E-state index in [0.717, 1.165) is 11.8 Å². The molecule has 150 valence electrons. The standard InChI is InChI=1S/C21H25NO6/c1-21(2)12-17-18(16(14-28-17)20(24)25)19(23)22(21)8-9-26-10-11-27-13-15-6-4-3-5-7-15/h3-7,14H,8-13H2,1-2H3,(H,24,25). The Balaban J connectivity index is 1.47. The van der Waals surface area contributed by atoms with Gasteiger partial charge in [0.15, 0.2) is 0 Å². The monoisotopic (exact) mass is 387 g/mol. The van der Waals surface area contributed by atoms with Crippen LogP contribution in [0.2, 0.25) is 0 Å². The lowest BCUT2D eigenvalue weighted by atomic mass is 9.88. The van der Waals surface area contributed by atoms with Crippen molar-refractivity contribution in [3.05, 3.63) is 59.0 Å². The van der Waals surface area contributed by atoms with Crippen LogP contribution in [0.25, 0.3) is 0 Å². The fourth-order valence-corrected chi connectivity index (χ4v) is 3.36. The molecule has 0 fully saturated rings. The summed E-state index contributed by atoms with van der Waals surface area (Å²) in [6.07, 6.45) is 1.60. The summed E-state index contributed by atoms with van der Waals surface area (Å²) in [6.45, 7) is 5.99. The van der Waals surface area contributed by atoms with Crippen LogP contribution in [-0.4, -0.2) is 53.8 Å². The van der Waals surface area contributed by atoms with Gasteiger partial charge < -0.3 is 23.9 Å². The maximum absolute atomic E-state index is 12.9. The van der Waals surface area contributed by atoms with Crippen molar-refractivity contribution >= 4 is 11.9 Å². The predicted octanol–water partition coefficient (Wildman–Crippen LogP) is 2.99. The smallest absolute Gasteiger partial charge is 0.339 e. The number of carboxylic acids is 1. The average molecular weight is 387 g/mol. The minimum atomic E-state index is -1.16. The molecule has 0 saturated carbocycles. The molecule has 0 aliphatic carbocycles. The maximum atomic E-state index is 12.9. The third-order valence-corrected chi connectivity index (χ3v) is 4.82. The van der Waals surface area contributed by atoms with Gasteiger partial charge in [-0.15, -0.1) is 0 Å². The van der Waals surface area contributed by atoms with Crippen LogP contribution >= 0.6 is 0 Å². The minimum Gasteiger partial charge on any atom is -0.478 e. The van der Waals surface area contributed by atoms with Crippen molar-refractivity contribution in [1.29, 1.82) is 0 Å². The van der Waals surface area contributed by atoms with E-state index in [9.17, 15) is 14.7 Å². The molecule has 1 amide bonds. The topological polar surface area (TPSA) is 89.2 Å². The highest BCUT2D eigenvalue weighted by molar-refractivity contribution is 6.06. The van der Waals surface area contributed by atoms with E-state index in [0.29, 0.717) is 45.2 Å². The van der Waals surface area contributed by atoms with Crippen molar-refractivity contribution in [2.75, 3.05) is 26.4 Å². The fraction of sp³-hybridized carbons (Fsp3) is 0.429. The summed E-state index contributed by atoms with van der Waals surface area (Å²) in [6, 6.07) is 9.89. The summed E-state index contributed by atoms with van der Waals surface area (Å²) >= 11 is 0. The van der Waals surface area contributed by atoms with Crippen molar-refractivity contribution in [1.82, 2.24) is 4.90 Å². The normalized spacial score (nSPS) is 15.5. The first-order valence-electron chi connectivity index (χ1n) is 9.25. The van der Waals surface area contributed by atoms with Gasteiger partial charge in [-0.3, -0.25) is 4.79 Å². The van der Waals surface area contributed by atoms with Gasteiger partial charge in [-0.2, -0.15) is 0 Å². The SMILES string of the molecule is CC1(C)Cc2occ(C(=O)O)c2C(=O)N1CCOCCOCc1ccccc1. The molecule has 0 bridgehead atoms. The zero-order valence-corrected chi connectivity index (χ0v) is 16.1. The number of amides is 1. The molecule has 1 aliphatic rings. The van der Waals surface area contributed by atoms with Crippen LogP contribution in [0.3, 0.4) is 0 Å². The van der Waals surface area contributed by atoms with Crippen molar-refractivity contribution in [3.8, 4) is 0 Å². The quantitative estimate of drug-likeness (QED) is 0.666. The van der Waals surface area contributed by atoms with Crippen LogP contribution in [0.1, 0.15) is 45.9 Å². The van der Waals surface area contributed by atoms with Crippen LogP contribution in [0.4, 0.5) is 0 Å². The number of ether oxygens (including phenoxy) is 2. The van der Waals surface area contributed by atoms with E-state index < -0.39 is 11.5 Å². The number of furan rings is 1. The third-order valence-electron chi connectivity index (χ3n) is 4.82. The molecule has 1 aliphatic heterocycles. The van der Waals surface area contributed by atoms with Crippen LogP contribution in [0.15, 0.2) is 41.0 Å². The van der Waals surface area contributed by atoms with E-state index in [4.69, 9.17) is 13.9 Å². The first-order chi connectivity index (χ1) is 13.4. The molecule has 0 unspecified atom stereocenters. The highest BCUT2D eigenvalue weighted by atomic mass is 16.5. The number of rotatable bonds is 9. The molecule has 3 rings (SSSR count). The lowest BCUT2D eigenvalue weighted by Gasteiger charge is -2.41. The molecular formula is C21H25NO6. The molecule has 0 radical (unpaired) electrons. The third kappa shape index (κ3) is 4.43. The number of fused-ring (bicyclic) bond motifs is 1. The van der Waals surface area contributed by atoms with Gasteiger partial charge in [0.1, 0.15) is 17.6 Å². The van der Waals surface area contributed by atoms with E-state index in [-0.39, 0.29) is 17.0 Å². The van der Waals surface area contributed by atoms with Gasteiger partial charge in [0.25, 0.3) is 5.91 Å². The van der Waals surface area contributed by atoms with E-state index in [1.165, 1.54) is 0 Å². The van der Waals surface area contributed by atoms with Gasteiger partial charge in [0.2, 0.25) is 0 Å². The van der Waals surface area contributed by atoms with E-state index in [2.05, 4.69) is 0 Å². The van der Waals surface area contributed by atoms with Crippen LogP contribution in [-0.2, 0) is 22.5 Å². The van der Waals surface area contributed by atoms with E-state index in [1.807, 2.05) is 44.2 Å². The van der Waals surface area contributed by atoms with Crippen molar-refractivity contribution < 1.29 is 28.6 Å². The Morgan fingerprint density at radius 2 is 1.89 bits per heavy atom. The van der Waals surface area contributed by atoms with Crippen molar-refractivity contribution in [3.63, 3.8) is 0 Å². The number of carbonyl (C=O) groups excluding carboxylic acids is 1. The Morgan fingerprint density at radius 1 is 1.18 bits per heavy atom. The molecule has 28 heavy (non-hydrogen) atoms. The molecular weight excluding hydrogens is 362 g/mol. The molecule has 0 saturated heterocycles. The summed E-state index contributed by atoms with van der Waals surface area (Å²) < 4.78 is 16.5. The molecule has 0 atom stereocenters. The number of aromatic carboxylic acids is 1. The summed E-state index contributed by atoms with van der Waals surface area (Å²) in [5.41, 5.74) is 0.687. The maximum Gasteiger partial charge on any atom is 0.339 e. The molecule has 2 aromatic rings. The Kier molecular flexibility index (Phi) is 6.16. The zero-order valence-electron chi connectivity index (χ0n) is 16.1. The number of benzene rings is 1. The van der Waals surface area contributed by atoms with Gasteiger partial charge >= 0.3 is 5.97 Å². The number of carboxylic acid groups (broad SMARTS) is 1. The van der Waals surface area contributed by atoms with Crippen LogP contribution in [0, 0.1) is 0 Å². The Bertz CT molecular complexity index is 827. The van der Waals surface area contributed by atoms with Crippen molar-refractivity contribution in [2.24, 2.45) is 0 Å². The van der Waals surface area contributed by atoms with Crippen LogP contribution in [0.5, 0.6) is 0 Å². The second-order valence-corrected chi connectivity index (χ2v) is 7.35. The lowest BCUT2D eigenvalue weighted by molar-refractivity contribution is 0.0145. The Morgan fingerprint density at radius 3 is 2.61 bits per heavy atom. The fourth-order valence-electron chi connectivity index (χ4n) is 3.36. The summed E-state index contributed by atoms with van der Waals surface area (Å²) in [4.78, 5) is 25.9. The zero-order chi connectivity index (χ0) is 20.1. The minimum absolute atomic E-state index is 0.0873. The summed E-state index contributed by atoms with van der Waals surface area (Å²) in [5, 5.41) is 9.27. The predicted molar refractivity (Wildman–Crippen MR) is 101 cm³/mol. The molecule has 1 N–H and O–H groups in total. The first-order valence-corrected chi connectivity index (χ1v) is 9.25. The van der Waals surface area contributed by atoms with E-state index in [1.54, 1.807) is 4.90 Å². The summed E-state index contributed by atoms with van der Waals surface area (Å²) in [7, 11) is 0. The van der Waals surface area contributed by atoms with Gasteiger partial charge in [-0.25, -0.2) is 4.79 Å². The number of hydrogen-bond donors (Lipinski definition) is 1. The lowest BCUT2D eigenvalue weighted by Crippen LogP contribution is -2.53.